The first-order valence-corrected chi connectivity index (χ1v) is 4.66. The van der Waals surface area contributed by atoms with E-state index in [0.717, 1.165) is 16.9 Å². The highest BCUT2D eigenvalue weighted by atomic mass is 32.2. The summed E-state index contributed by atoms with van der Waals surface area (Å²) in [4.78, 5) is 4.26. The Hall–Kier alpha value is -0.960. The van der Waals surface area contributed by atoms with Crippen LogP contribution in [0.1, 0.15) is 0 Å². The Kier molecular flexibility index (Phi) is 2.04. The van der Waals surface area contributed by atoms with E-state index in [1.807, 2.05) is 24.3 Å². The molecule has 0 spiro atoms. The first kappa shape index (κ1) is 7.68. The van der Waals surface area contributed by atoms with E-state index in [1.165, 1.54) is 11.8 Å². The van der Waals surface area contributed by atoms with Gasteiger partial charge in [0, 0.05) is 5.75 Å². The summed E-state index contributed by atoms with van der Waals surface area (Å²) in [7, 11) is 0. The van der Waals surface area contributed by atoms with Crippen LogP contribution in [0.4, 0.5) is 0 Å². The molecule has 0 fully saturated rings. The number of hydrogen-bond acceptors (Lipinski definition) is 3. The van der Waals surface area contributed by atoms with Gasteiger partial charge in [-0.2, -0.15) is 0 Å². The lowest BCUT2D eigenvalue weighted by atomic mass is 10.3. The van der Waals surface area contributed by atoms with Crippen LogP contribution in [0.25, 0.3) is 11.1 Å². The van der Waals surface area contributed by atoms with Gasteiger partial charge < -0.3 is 4.42 Å². The van der Waals surface area contributed by atoms with Crippen molar-refractivity contribution in [1.82, 2.24) is 4.98 Å². The van der Waals surface area contributed by atoms with E-state index >= 15 is 0 Å². The second-order valence-corrected chi connectivity index (χ2v) is 3.34. The topological polar surface area (TPSA) is 26.0 Å². The Balaban J connectivity index is 2.47. The molecular weight excluding hydrogens is 170 g/mol. The molecule has 1 aromatic heterocycles. The van der Waals surface area contributed by atoms with Gasteiger partial charge in [-0.05, 0) is 19.1 Å². The molecule has 1 aromatic carbocycles. The third-order valence-electron chi connectivity index (χ3n) is 1.50. The van der Waals surface area contributed by atoms with Crippen molar-refractivity contribution < 1.29 is 4.42 Å². The Morgan fingerprint density at radius 2 is 2.25 bits per heavy atom. The fourth-order valence-electron chi connectivity index (χ4n) is 1.00. The van der Waals surface area contributed by atoms with Gasteiger partial charge in [-0.3, -0.25) is 0 Å². The zero-order chi connectivity index (χ0) is 8.39. The van der Waals surface area contributed by atoms with Crippen LogP contribution in [-0.4, -0.2) is 10.7 Å². The van der Waals surface area contributed by atoms with Gasteiger partial charge in [0.1, 0.15) is 5.52 Å². The molecule has 0 N–H and O–H groups in total. The van der Waals surface area contributed by atoms with Crippen LogP contribution in [0.5, 0.6) is 0 Å². The molecule has 0 saturated heterocycles. The number of rotatable bonds is 2. The Morgan fingerprint density at radius 3 is 3.00 bits per heavy atom. The van der Waals surface area contributed by atoms with Crippen molar-refractivity contribution >= 4 is 22.9 Å². The molecule has 0 unspecified atom stereocenters. The number of nitrogens with zero attached hydrogens (tertiary/aromatic N) is 1. The average Bonchev–Trinajstić information content (AvgIpc) is 2.47. The molecule has 1 heterocycles. The molecule has 0 aliphatic rings. The monoisotopic (exact) mass is 178 g/mol. The third-order valence-corrected chi connectivity index (χ3v) is 2.13. The first-order chi connectivity index (χ1) is 5.90. The fraction of sp³-hybridized carbons (Fsp3) is 0.111. The molecule has 2 aromatic rings. The van der Waals surface area contributed by atoms with E-state index < -0.39 is 0 Å². The van der Waals surface area contributed by atoms with Crippen molar-refractivity contribution in [3.8, 4) is 0 Å². The molecule has 61 valence electrons. The standard InChI is InChI=1S/C9H8NOS/c1-2-12-9-10-7-5-3-4-6-8(7)11-9/h3-6H,1-2H2. The lowest BCUT2D eigenvalue weighted by Crippen LogP contribution is -1.69. The molecule has 1 radical (unpaired) electrons. The Morgan fingerprint density at radius 1 is 1.42 bits per heavy atom. The van der Waals surface area contributed by atoms with Gasteiger partial charge in [0.05, 0.1) is 0 Å². The largest absolute Gasteiger partial charge is 0.431 e. The van der Waals surface area contributed by atoms with E-state index in [-0.39, 0.29) is 0 Å². The molecule has 0 atom stereocenters. The highest BCUT2D eigenvalue weighted by molar-refractivity contribution is 7.99. The van der Waals surface area contributed by atoms with Crippen molar-refractivity contribution in [1.29, 1.82) is 0 Å². The zero-order valence-corrected chi connectivity index (χ0v) is 7.30. The van der Waals surface area contributed by atoms with Crippen LogP contribution < -0.4 is 0 Å². The van der Waals surface area contributed by atoms with E-state index in [0.29, 0.717) is 5.22 Å². The molecule has 12 heavy (non-hydrogen) atoms. The number of oxazole rings is 1. The summed E-state index contributed by atoms with van der Waals surface area (Å²) in [5.74, 6) is 0.743. The Labute approximate surface area is 75.0 Å². The maximum Gasteiger partial charge on any atom is 0.256 e. The second kappa shape index (κ2) is 3.19. The number of hydrogen-bond donors (Lipinski definition) is 0. The number of thioether (sulfide) groups is 1. The highest BCUT2D eigenvalue weighted by Gasteiger charge is 2.02. The molecule has 2 rings (SSSR count). The van der Waals surface area contributed by atoms with Crippen LogP contribution in [0.3, 0.4) is 0 Å². The van der Waals surface area contributed by atoms with Gasteiger partial charge in [0.2, 0.25) is 0 Å². The summed E-state index contributed by atoms with van der Waals surface area (Å²) in [5.41, 5.74) is 1.75. The molecule has 0 saturated carbocycles. The third kappa shape index (κ3) is 1.32. The van der Waals surface area contributed by atoms with Gasteiger partial charge >= 0.3 is 0 Å². The van der Waals surface area contributed by atoms with Crippen LogP contribution in [-0.2, 0) is 0 Å². The number of para-hydroxylation sites is 2. The molecule has 0 bridgehead atoms. The zero-order valence-electron chi connectivity index (χ0n) is 6.49. The molecule has 0 amide bonds. The summed E-state index contributed by atoms with van der Waals surface area (Å²) < 4.78 is 5.42. The van der Waals surface area contributed by atoms with Crippen molar-refractivity contribution in [2.24, 2.45) is 0 Å². The SMILES string of the molecule is [CH2]CSc1nc2ccccc2o1. The molecule has 0 aliphatic carbocycles. The Bertz CT molecular complexity index is 350. The average molecular weight is 178 g/mol. The molecule has 0 aliphatic heterocycles. The van der Waals surface area contributed by atoms with Gasteiger partial charge in [-0.15, -0.1) is 0 Å². The van der Waals surface area contributed by atoms with E-state index in [9.17, 15) is 0 Å². The maximum absolute atomic E-state index is 5.42. The number of fused-ring (bicyclic) bond motifs is 1. The fourth-order valence-corrected chi connectivity index (χ4v) is 1.49. The molecule has 3 heteroatoms. The summed E-state index contributed by atoms with van der Waals surface area (Å²) in [6, 6.07) is 7.73. The summed E-state index contributed by atoms with van der Waals surface area (Å²) in [6.07, 6.45) is 0. The predicted molar refractivity (Wildman–Crippen MR) is 50.1 cm³/mol. The lowest BCUT2D eigenvalue weighted by molar-refractivity contribution is 0.490. The summed E-state index contributed by atoms with van der Waals surface area (Å²) in [6.45, 7) is 3.71. The highest BCUT2D eigenvalue weighted by Crippen LogP contribution is 2.22. The normalized spacial score (nSPS) is 10.8. The second-order valence-electron chi connectivity index (χ2n) is 2.30. The van der Waals surface area contributed by atoms with E-state index in [4.69, 9.17) is 4.42 Å². The minimum absolute atomic E-state index is 0.700. The van der Waals surface area contributed by atoms with Crippen molar-refractivity contribution in [3.63, 3.8) is 0 Å². The number of benzene rings is 1. The molecule has 2 nitrogen and oxygen atoms in total. The minimum Gasteiger partial charge on any atom is -0.431 e. The number of aromatic nitrogens is 1. The van der Waals surface area contributed by atoms with Gasteiger partial charge in [-0.25, -0.2) is 4.98 Å². The first-order valence-electron chi connectivity index (χ1n) is 3.68. The summed E-state index contributed by atoms with van der Waals surface area (Å²) in [5, 5.41) is 0.700. The van der Waals surface area contributed by atoms with Crippen LogP contribution in [0.2, 0.25) is 0 Å². The maximum atomic E-state index is 5.42. The van der Waals surface area contributed by atoms with Crippen molar-refractivity contribution in [3.05, 3.63) is 31.2 Å². The van der Waals surface area contributed by atoms with Gasteiger partial charge in [-0.1, -0.05) is 23.9 Å². The minimum atomic E-state index is 0.700. The van der Waals surface area contributed by atoms with Crippen LogP contribution in [0, 0.1) is 6.92 Å². The van der Waals surface area contributed by atoms with E-state index in [1.54, 1.807) is 0 Å². The van der Waals surface area contributed by atoms with E-state index in [2.05, 4.69) is 11.9 Å². The predicted octanol–water partition coefficient (Wildman–Crippen LogP) is 2.75. The van der Waals surface area contributed by atoms with Gasteiger partial charge in [0.25, 0.3) is 5.22 Å². The quantitative estimate of drug-likeness (QED) is 0.661. The molecular formula is C9H8NOS. The van der Waals surface area contributed by atoms with Gasteiger partial charge in [0.15, 0.2) is 5.58 Å². The van der Waals surface area contributed by atoms with Crippen molar-refractivity contribution in [2.45, 2.75) is 5.22 Å². The smallest absolute Gasteiger partial charge is 0.256 e. The van der Waals surface area contributed by atoms with Crippen molar-refractivity contribution in [2.75, 3.05) is 5.75 Å². The van der Waals surface area contributed by atoms with Crippen LogP contribution in [0.15, 0.2) is 33.9 Å². The summed E-state index contributed by atoms with van der Waals surface area (Å²) >= 11 is 1.51. The van der Waals surface area contributed by atoms with Crippen LogP contribution >= 0.6 is 11.8 Å². The lowest BCUT2D eigenvalue weighted by Gasteiger charge is -1.84.